The third-order valence-corrected chi connectivity index (χ3v) is 5.25. The zero-order valence-corrected chi connectivity index (χ0v) is 15.7. The van der Waals surface area contributed by atoms with Gasteiger partial charge in [-0.1, -0.05) is 53.7 Å². The molecule has 0 saturated heterocycles. The Morgan fingerprint density at radius 1 is 1.08 bits per heavy atom. The van der Waals surface area contributed by atoms with E-state index in [-0.39, 0.29) is 16.7 Å². The minimum atomic E-state index is -0.335. The van der Waals surface area contributed by atoms with E-state index < -0.39 is 0 Å². The van der Waals surface area contributed by atoms with Crippen LogP contribution in [-0.4, -0.2) is 26.2 Å². The first kappa shape index (κ1) is 18.1. The highest BCUT2D eigenvalue weighted by molar-refractivity contribution is 7.99. The Bertz CT molecular complexity index is 922. The zero-order chi connectivity index (χ0) is 18.7. The van der Waals surface area contributed by atoms with Crippen molar-refractivity contribution in [2.45, 2.75) is 31.2 Å². The number of rotatable bonds is 6. The van der Waals surface area contributed by atoms with Crippen molar-refractivity contribution < 1.29 is 4.92 Å². The lowest BCUT2D eigenvalue weighted by Crippen LogP contribution is -2.11. The number of nitrogens with zero attached hydrogens (tertiary/aromatic N) is 4. The smallest absolute Gasteiger partial charge is 0.220 e. The maximum atomic E-state index is 11.2. The largest absolute Gasteiger partial charge is 0.274 e. The van der Waals surface area contributed by atoms with Crippen molar-refractivity contribution in [1.82, 2.24) is 14.8 Å². The topological polar surface area (TPSA) is 73.8 Å². The first-order valence-corrected chi connectivity index (χ1v) is 9.16. The molecule has 0 N–H and O–H groups in total. The summed E-state index contributed by atoms with van der Waals surface area (Å²) in [7, 11) is 0. The molecule has 3 rings (SSSR count). The van der Waals surface area contributed by atoms with Crippen LogP contribution in [-0.2, 0) is 0 Å². The SMILES string of the molecule is Cc1ccc([C@@H](C[N+](=O)[O-])Sc2nnc(C)n2-c2cccc(C)c2)cc1. The van der Waals surface area contributed by atoms with Crippen LogP contribution in [0.3, 0.4) is 0 Å². The fraction of sp³-hybridized carbons (Fsp3) is 0.263. The van der Waals surface area contributed by atoms with E-state index in [1.54, 1.807) is 0 Å². The summed E-state index contributed by atoms with van der Waals surface area (Å²) in [6.45, 7) is 5.73. The van der Waals surface area contributed by atoms with E-state index in [2.05, 4.69) is 16.3 Å². The van der Waals surface area contributed by atoms with Crippen LogP contribution in [0.1, 0.15) is 27.8 Å². The molecular weight excluding hydrogens is 348 g/mol. The third-order valence-electron chi connectivity index (χ3n) is 4.07. The van der Waals surface area contributed by atoms with E-state index in [9.17, 15) is 10.1 Å². The van der Waals surface area contributed by atoms with Crippen LogP contribution < -0.4 is 0 Å². The van der Waals surface area contributed by atoms with Crippen LogP contribution >= 0.6 is 11.8 Å². The van der Waals surface area contributed by atoms with Crippen molar-refractivity contribution >= 4 is 11.8 Å². The summed E-state index contributed by atoms with van der Waals surface area (Å²) in [4.78, 5) is 10.9. The van der Waals surface area contributed by atoms with E-state index in [0.29, 0.717) is 5.16 Å². The first-order valence-electron chi connectivity index (χ1n) is 8.28. The molecule has 1 atom stereocenters. The molecular formula is C19H20N4O2S. The molecule has 0 spiro atoms. The van der Waals surface area contributed by atoms with Gasteiger partial charge in [-0.15, -0.1) is 10.2 Å². The fourth-order valence-electron chi connectivity index (χ4n) is 2.74. The molecule has 134 valence electrons. The second kappa shape index (κ2) is 7.70. The number of thioether (sulfide) groups is 1. The Morgan fingerprint density at radius 3 is 2.46 bits per heavy atom. The van der Waals surface area contributed by atoms with Crippen LogP contribution in [0, 0.1) is 30.9 Å². The fourth-order valence-corrected chi connectivity index (χ4v) is 3.91. The van der Waals surface area contributed by atoms with Crippen LogP contribution in [0.2, 0.25) is 0 Å². The molecule has 7 heteroatoms. The van der Waals surface area contributed by atoms with E-state index in [1.807, 2.05) is 67.8 Å². The van der Waals surface area contributed by atoms with Crippen molar-refractivity contribution in [3.63, 3.8) is 0 Å². The Kier molecular flexibility index (Phi) is 5.37. The van der Waals surface area contributed by atoms with Crippen LogP contribution in [0.5, 0.6) is 0 Å². The standard InChI is InChI=1S/C19H20N4O2S/c1-13-7-9-16(10-8-13)18(12-22(24)25)26-19-21-20-15(3)23(19)17-6-4-5-14(2)11-17/h4-11,18H,12H2,1-3H3/t18-/m1/s1. The van der Waals surface area contributed by atoms with Gasteiger partial charge in [0.15, 0.2) is 5.16 Å². The van der Waals surface area contributed by atoms with Crippen molar-refractivity contribution in [1.29, 1.82) is 0 Å². The van der Waals surface area contributed by atoms with Gasteiger partial charge < -0.3 is 0 Å². The predicted octanol–water partition coefficient (Wildman–Crippen LogP) is 4.30. The second-order valence-corrected chi connectivity index (χ2v) is 7.41. The maximum Gasteiger partial charge on any atom is 0.220 e. The molecule has 1 heterocycles. The molecule has 0 aliphatic carbocycles. The summed E-state index contributed by atoms with van der Waals surface area (Å²) >= 11 is 1.37. The Hall–Kier alpha value is -2.67. The maximum absolute atomic E-state index is 11.2. The van der Waals surface area contributed by atoms with E-state index >= 15 is 0 Å². The van der Waals surface area contributed by atoms with Crippen molar-refractivity contribution in [3.8, 4) is 5.69 Å². The number of benzene rings is 2. The summed E-state index contributed by atoms with van der Waals surface area (Å²) in [5.41, 5.74) is 4.12. The Balaban J connectivity index is 1.97. The summed E-state index contributed by atoms with van der Waals surface area (Å²) in [5.74, 6) is 0.752. The molecule has 0 aliphatic heterocycles. The summed E-state index contributed by atoms with van der Waals surface area (Å²) in [6, 6.07) is 15.9. The average molecular weight is 368 g/mol. The van der Waals surface area contributed by atoms with Crippen molar-refractivity contribution in [2.24, 2.45) is 0 Å². The van der Waals surface area contributed by atoms with Crippen LogP contribution in [0.25, 0.3) is 5.69 Å². The van der Waals surface area contributed by atoms with Gasteiger partial charge in [0.2, 0.25) is 6.54 Å². The zero-order valence-electron chi connectivity index (χ0n) is 14.9. The molecule has 0 unspecified atom stereocenters. The highest BCUT2D eigenvalue weighted by Gasteiger charge is 2.23. The third kappa shape index (κ3) is 4.11. The average Bonchev–Trinajstić information content (AvgIpc) is 2.95. The summed E-state index contributed by atoms with van der Waals surface area (Å²) < 4.78 is 1.94. The predicted molar refractivity (Wildman–Crippen MR) is 102 cm³/mol. The first-order chi connectivity index (χ1) is 12.4. The molecule has 26 heavy (non-hydrogen) atoms. The van der Waals surface area contributed by atoms with E-state index in [1.165, 1.54) is 11.8 Å². The highest BCUT2D eigenvalue weighted by atomic mass is 32.2. The molecule has 0 saturated carbocycles. The summed E-state index contributed by atoms with van der Waals surface area (Å²) in [6.07, 6.45) is 0. The van der Waals surface area contributed by atoms with Gasteiger partial charge in [0.25, 0.3) is 0 Å². The van der Waals surface area contributed by atoms with Crippen LogP contribution in [0.15, 0.2) is 53.7 Å². The monoisotopic (exact) mass is 368 g/mol. The minimum Gasteiger partial charge on any atom is -0.274 e. The minimum absolute atomic E-state index is 0.173. The van der Waals surface area contributed by atoms with Crippen molar-refractivity contribution in [3.05, 3.63) is 81.2 Å². The lowest BCUT2D eigenvalue weighted by Gasteiger charge is -2.14. The molecule has 6 nitrogen and oxygen atoms in total. The Morgan fingerprint density at radius 2 is 1.81 bits per heavy atom. The number of aryl methyl sites for hydroxylation is 3. The van der Waals surface area contributed by atoms with Gasteiger partial charge in [-0.25, -0.2) is 0 Å². The van der Waals surface area contributed by atoms with Gasteiger partial charge in [0, 0.05) is 10.6 Å². The molecule has 1 aromatic heterocycles. The lowest BCUT2D eigenvalue weighted by atomic mass is 10.1. The molecule has 0 aliphatic rings. The van der Waals surface area contributed by atoms with Crippen LogP contribution in [0.4, 0.5) is 0 Å². The van der Waals surface area contributed by atoms with Gasteiger partial charge in [-0.05, 0) is 44.0 Å². The molecule has 0 fully saturated rings. The number of hydrogen-bond donors (Lipinski definition) is 0. The quantitative estimate of drug-likeness (QED) is 0.368. The summed E-state index contributed by atoms with van der Waals surface area (Å²) in [5, 5.41) is 20.0. The molecule has 0 amide bonds. The van der Waals surface area contributed by atoms with Gasteiger partial charge in [-0.3, -0.25) is 14.7 Å². The van der Waals surface area contributed by atoms with Crippen molar-refractivity contribution in [2.75, 3.05) is 6.54 Å². The van der Waals surface area contributed by atoms with E-state index in [4.69, 9.17) is 0 Å². The van der Waals surface area contributed by atoms with Gasteiger partial charge in [0.1, 0.15) is 11.1 Å². The van der Waals surface area contributed by atoms with E-state index in [0.717, 1.165) is 28.2 Å². The molecule has 3 aromatic rings. The lowest BCUT2D eigenvalue weighted by molar-refractivity contribution is -0.479. The number of aromatic nitrogens is 3. The molecule has 0 bridgehead atoms. The van der Waals surface area contributed by atoms with Gasteiger partial charge in [0.05, 0.1) is 0 Å². The number of hydrogen-bond acceptors (Lipinski definition) is 5. The Labute approximate surface area is 156 Å². The number of nitro groups is 1. The highest BCUT2D eigenvalue weighted by Crippen LogP contribution is 2.36. The van der Waals surface area contributed by atoms with Gasteiger partial charge in [-0.2, -0.15) is 0 Å². The normalized spacial score (nSPS) is 12.1. The second-order valence-electron chi connectivity index (χ2n) is 6.24. The molecule has 2 aromatic carbocycles. The molecule has 0 radical (unpaired) electrons. The van der Waals surface area contributed by atoms with Gasteiger partial charge >= 0.3 is 0 Å².